The summed E-state index contributed by atoms with van der Waals surface area (Å²) in [5, 5.41) is 1.34. The van der Waals surface area contributed by atoms with E-state index in [2.05, 4.69) is 4.98 Å². The van der Waals surface area contributed by atoms with Crippen LogP contribution in [0.1, 0.15) is 17.5 Å². The van der Waals surface area contributed by atoms with Gasteiger partial charge in [-0.1, -0.05) is 29.8 Å². The molecule has 0 aliphatic rings. The van der Waals surface area contributed by atoms with Gasteiger partial charge in [-0.15, -0.1) is 11.8 Å². The summed E-state index contributed by atoms with van der Waals surface area (Å²) in [5.41, 5.74) is 2.60. The van der Waals surface area contributed by atoms with Crippen LogP contribution in [-0.2, 0) is 22.6 Å². The molecule has 4 nitrogen and oxygen atoms in total. The van der Waals surface area contributed by atoms with Crippen LogP contribution >= 0.6 is 23.4 Å². The number of fused-ring (bicyclic) bond motifs is 1. The highest BCUT2D eigenvalue weighted by molar-refractivity contribution is 7.98. The van der Waals surface area contributed by atoms with Gasteiger partial charge < -0.3 is 9.47 Å². The molecule has 0 atom stereocenters. The zero-order chi connectivity index (χ0) is 19.2. The molecule has 27 heavy (non-hydrogen) atoms. The van der Waals surface area contributed by atoms with Gasteiger partial charge in [-0.25, -0.2) is 4.98 Å². The van der Waals surface area contributed by atoms with E-state index < -0.39 is 0 Å². The Morgan fingerprint density at radius 2 is 1.93 bits per heavy atom. The number of hydrogen-bond donors (Lipinski definition) is 0. The molecule has 140 valence electrons. The molecule has 0 radical (unpaired) electrons. The third kappa shape index (κ3) is 5.15. The van der Waals surface area contributed by atoms with Gasteiger partial charge in [0.15, 0.2) is 0 Å². The zero-order valence-corrected chi connectivity index (χ0v) is 16.8. The summed E-state index contributed by atoms with van der Waals surface area (Å²) in [5.74, 6) is 0.532. The number of esters is 1. The average Bonchev–Trinajstić information content (AvgIpc) is 2.70. The van der Waals surface area contributed by atoms with Crippen molar-refractivity contribution in [3.8, 4) is 5.75 Å². The fraction of sp³-hybridized carbons (Fsp3) is 0.238. The number of halogens is 1. The molecule has 0 N–H and O–H groups in total. The third-order valence-electron chi connectivity index (χ3n) is 4.22. The second kappa shape index (κ2) is 9.11. The van der Waals surface area contributed by atoms with Crippen molar-refractivity contribution in [3.63, 3.8) is 0 Å². The number of ether oxygens (including phenoxy) is 2. The Labute approximate surface area is 167 Å². The number of aromatic nitrogens is 1. The Morgan fingerprint density at radius 1 is 1.15 bits per heavy atom. The van der Waals surface area contributed by atoms with Crippen LogP contribution in [0.2, 0.25) is 5.15 Å². The fourth-order valence-electron chi connectivity index (χ4n) is 2.66. The maximum absolute atomic E-state index is 12.1. The van der Waals surface area contributed by atoms with E-state index in [0.717, 1.165) is 27.1 Å². The van der Waals surface area contributed by atoms with Crippen LogP contribution < -0.4 is 4.74 Å². The molecule has 1 heterocycles. The van der Waals surface area contributed by atoms with Crippen molar-refractivity contribution in [1.82, 2.24) is 4.98 Å². The molecule has 0 unspecified atom stereocenters. The van der Waals surface area contributed by atoms with Crippen LogP contribution in [0.3, 0.4) is 0 Å². The summed E-state index contributed by atoms with van der Waals surface area (Å²) in [6.45, 7) is 0.119. The van der Waals surface area contributed by atoms with Crippen LogP contribution in [0.4, 0.5) is 0 Å². The van der Waals surface area contributed by atoms with Crippen molar-refractivity contribution in [3.05, 3.63) is 64.8 Å². The maximum Gasteiger partial charge on any atom is 0.306 e. The van der Waals surface area contributed by atoms with Crippen molar-refractivity contribution >= 4 is 40.2 Å². The third-order valence-corrected chi connectivity index (χ3v) is 5.27. The summed E-state index contributed by atoms with van der Waals surface area (Å²) in [6, 6.07) is 15.6. The van der Waals surface area contributed by atoms with Gasteiger partial charge in [0.05, 0.1) is 12.6 Å². The molecule has 0 saturated heterocycles. The molecule has 0 amide bonds. The highest BCUT2D eigenvalue weighted by atomic mass is 35.5. The topological polar surface area (TPSA) is 48.4 Å². The molecule has 0 saturated carbocycles. The highest BCUT2D eigenvalue weighted by Crippen LogP contribution is 2.25. The van der Waals surface area contributed by atoms with Crippen molar-refractivity contribution in [2.24, 2.45) is 0 Å². The number of pyridine rings is 1. The lowest BCUT2D eigenvalue weighted by atomic mass is 10.1. The van der Waals surface area contributed by atoms with Crippen LogP contribution in [0, 0.1) is 0 Å². The first-order chi connectivity index (χ1) is 13.1. The monoisotopic (exact) mass is 401 g/mol. The second-order valence-corrected chi connectivity index (χ2v) is 7.24. The van der Waals surface area contributed by atoms with Crippen molar-refractivity contribution in [2.75, 3.05) is 13.4 Å². The number of thioether (sulfide) groups is 1. The SMILES string of the molecule is COc1ccc(CCC(=O)OCc2cc3ccc(SC)cc3nc2Cl)cc1. The molecule has 2 aromatic carbocycles. The van der Waals surface area contributed by atoms with Gasteiger partial charge in [-0.2, -0.15) is 0 Å². The van der Waals surface area contributed by atoms with E-state index in [9.17, 15) is 4.79 Å². The molecule has 0 spiro atoms. The first kappa shape index (κ1) is 19.5. The summed E-state index contributed by atoms with van der Waals surface area (Å²) in [4.78, 5) is 17.6. The molecule has 0 fully saturated rings. The molecule has 6 heteroatoms. The summed E-state index contributed by atoms with van der Waals surface area (Å²) in [6.07, 6.45) is 2.94. The number of carbonyl (C=O) groups is 1. The standard InChI is InChI=1S/C21H20ClNO3S/c1-25-17-7-3-14(4-8-17)5-10-20(24)26-13-16-11-15-6-9-18(27-2)12-19(15)23-21(16)22/h3-4,6-9,11-12H,5,10,13H2,1-2H3. The molecule has 3 aromatic rings. The lowest BCUT2D eigenvalue weighted by Crippen LogP contribution is -2.06. The van der Waals surface area contributed by atoms with Gasteiger partial charge in [-0.05, 0) is 48.6 Å². The van der Waals surface area contributed by atoms with Gasteiger partial charge in [0, 0.05) is 22.3 Å². The number of aryl methyl sites for hydroxylation is 1. The fourth-order valence-corrected chi connectivity index (χ4v) is 3.30. The predicted octanol–water partition coefficient (Wildman–Crippen LogP) is 5.29. The van der Waals surface area contributed by atoms with Gasteiger partial charge in [0.25, 0.3) is 0 Å². The number of nitrogens with zero attached hydrogens (tertiary/aromatic N) is 1. The minimum Gasteiger partial charge on any atom is -0.497 e. The predicted molar refractivity (Wildman–Crippen MR) is 110 cm³/mol. The van der Waals surface area contributed by atoms with Crippen molar-refractivity contribution < 1.29 is 14.3 Å². The van der Waals surface area contributed by atoms with E-state index in [4.69, 9.17) is 21.1 Å². The lowest BCUT2D eigenvalue weighted by Gasteiger charge is -2.09. The average molecular weight is 402 g/mol. The van der Waals surface area contributed by atoms with Gasteiger partial charge in [0.2, 0.25) is 0 Å². The summed E-state index contributed by atoms with van der Waals surface area (Å²) in [7, 11) is 1.63. The normalized spacial score (nSPS) is 10.8. The van der Waals surface area contributed by atoms with E-state index in [-0.39, 0.29) is 12.6 Å². The van der Waals surface area contributed by atoms with E-state index in [1.165, 1.54) is 0 Å². The molecular weight excluding hydrogens is 382 g/mol. The summed E-state index contributed by atoms with van der Waals surface area (Å²) < 4.78 is 10.5. The first-order valence-electron chi connectivity index (χ1n) is 8.51. The Kier molecular flexibility index (Phi) is 6.58. The molecule has 0 aliphatic carbocycles. The Morgan fingerprint density at radius 3 is 2.63 bits per heavy atom. The van der Waals surface area contributed by atoms with Crippen LogP contribution in [0.15, 0.2) is 53.4 Å². The van der Waals surface area contributed by atoms with E-state index in [1.807, 2.05) is 54.8 Å². The molecule has 0 aliphatic heterocycles. The Bertz CT molecular complexity index is 944. The number of carbonyl (C=O) groups excluding carboxylic acids is 1. The first-order valence-corrected chi connectivity index (χ1v) is 10.1. The molecule has 1 aromatic heterocycles. The van der Waals surface area contributed by atoms with Crippen LogP contribution in [-0.4, -0.2) is 24.3 Å². The lowest BCUT2D eigenvalue weighted by molar-refractivity contribution is -0.144. The smallest absolute Gasteiger partial charge is 0.306 e. The van der Waals surface area contributed by atoms with Gasteiger partial charge >= 0.3 is 5.97 Å². The minimum absolute atomic E-state index is 0.119. The number of methoxy groups -OCH3 is 1. The number of hydrogen-bond acceptors (Lipinski definition) is 5. The largest absolute Gasteiger partial charge is 0.497 e. The summed E-state index contributed by atoms with van der Waals surface area (Å²) >= 11 is 7.92. The van der Waals surface area contributed by atoms with E-state index >= 15 is 0 Å². The maximum atomic E-state index is 12.1. The van der Waals surface area contributed by atoms with E-state index in [1.54, 1.807) is 18.9 Å². The highest BCUT2D eigenvalue weighted by Gasteiger charge is 2.10. The van der Waals surface area contributed by atoms with Crippen LogP contribution in [0.5, 0.6) is 5.75 Å². The Hall–Kier alpha value is -2.24. The number of benzene rings is 2. The molecule has 3 rings (SSSR count). The number of rotatable bonds is 7. The van der Waals surface area contributed by atoms with E-state index in [0.29, 0.717) is 23.6 Å². The van der Waals surface area contributed by atoms with Crippen molar-refractivity contribution in [1.29, 1.82) is 0 Å². The van der Waals surface area contributed by atoms with Gasteiger partial charge in [0.1, 0.15) is 17.5 Å². The Balaban J connectivity index is 1.58. The second-order valence-electron chi connectivity index (χ2n) is 6.01. The molecular formula is C21H20ClNO3S. The van der Waals surface area contributed by atoms with Gasteiger partial charge in [-0.3, -0.25) is 4.79 Å². The van der Waals surface area contributed by atoms with Crippen LogP contribution in [0.25, 0.3) is 10.9 Å². The molecule has 0 bridgehead atoms. The van der Waals surface area contributed by atoms with Crippen molar-refractivity contribution in [2.45, 2.75) is 24.3 Å². The quantitative estimate of drug-likeness (QED) is 0.305. The minimum atomic E-state index is -0.264. The zero-order valence-electron chi connectivity index (χ0n) is 15.2.